The second-order valence-corrected chi connectivity index (χ2v) is 16.9. The summed E-state index contributed by atoms with van der Waals surface area (Å²) in [6, 6.07) is 97.3. The summed E-state index contributed by atoms with van der Waals surface area (Å²) in [7, 11) is 0. The first-order valence-corrected chi connectivity index (χ1v) is 22.4. The van der Waals surface area contributed by atoms with Crippen LogP contribution in [0.1, 0.15) is 22.4 Å². The van der Waals surface area contributed by atoms with Crippen LogP contribution in [-0.2, 0) is 5.41 Å². The average Bonchev–Trinajstić information content (AvgIpc) is 3.89. The molecule has 0 bridgehead atoms. The van der Waals surface area contributed by atoms with E-state index < -0.39 is 5.41 Å². The van der Waals surface area contributed by atoms with Crippen LogP contribution < -0.4 is 4.90 Å². The fourth-order valence-electron chi connectivity index (χ4n) is 10.3. The van der Waals surface area contributed by atoms with Gasteiger partial charge < -0.3 is 9.47 Å². The highest BCUT2D eigenvalue weighted by Crippen LogP contribution is 2.60. The van der Waals surface area contributed by atoms with Crippen LogP contribution >= 0.6 is 0 Å². The van der Waals surface area contributed by atoms with Crippen LogP contribution in [0, 0.1) is 0 Å². The number of benzene rings is 10. The first kappa shape index (κ1) is 38.2. The predicted octanol–water partition coefficient (Wildman–Crippen LogP) is 16.5. The Morgan fingerprint density at radius 2 is 0.708 bits per heavy atom. The van der Waals surface area contributed by atoms with Gasteiger partial charge in [0, 0.05) is 33.7 Å². The first-order chi connectivity index (χ1) is 32.3. The van der Waals surface area contributed by atoms with Crippen molar-refractivity contribution in [1.29, 1.82) is 0 Å². The molecule has 1 aromatic heterocycles. The molecule has 0 spiro atoms. The van der Waals surface area contributed by atoms with Crippen molar-refractivity contribution in [2.45, 2.75) is 5.41 Å². The van der Waals surface area contributed by atoms with Crippen molar-refractivity contribution in [2.24, 2.45) is 0 Å². The van der Waals surface area contributed by atoms with Gasteiger partial charge in [0.2, 0.25) is 0 Å². The number of anilines is 3. The van der Waals surface area contributed by atoms with E-state index in [0.29, 0.717) is 0 Å². The first-order valence-electron chi connectivity index (χ1n) is 22.4. The molecule has 65 heavy (non-hydrogen) atoms. The summed E-state index contributed by atoms with van der Waals surface area (Å²) in [5.41, 5.74) is 19.8. The molecule has 0 fully saturated rings. The Hall–Kier alpha value is -8.46. The molecule has 306 valence electrons. The Morgan fingerprint density at radius 3 is 1.20 bits per heavy atom. The zero-order valence-corrected chi connectivity index (χ0v) is 35.8. The molecule has 0 unspecified atom stereocenters. The van der Waals surface area contributed by atoms with Gasteiger partial charge >= 0.3 is 0 Å². The maximum atomic E-state index is 2.52. The van der Waals surface area contributed by atoms with E-state index >= 15 is 0 Å². The van der Waals surface area contributed by atoms with E-state index in [0.717, 1.165) is 22.7 Å². The lowest BCUT2D eigenvalue weighted by Gasteiger charge is -2.35. The Balaban J connectivity index is 1.01. The van der Waals surface area contributed by atoms with E-state index in [9.17, 15) is 0 Å². The number of aromatic nitrogens is 1. The molecule has 0 saturated carbocycles. The topological polar surface area (TPSA) is 8.17 Å². The lowest BCUT2D eigenvalue weighted by atomic mass is 9.69. The molecule has 2 heteroatoms. The number of nitrogens with zero attached hydrogens (tertiary/aromatic N) is 2. The van der Waals surface area contributed by atoms with Crippen molar-refractivity contribution in [3.05, 3.63) is 289 Å². The van der Waals surface area contributed by atoms with Crippen LogP contribution in [0.2, 0.25) is 0 Å². The summed E-state index contributed by atoms with van der Waals surface area (Å²) < 4.78 is 2.52. The average molecular weight is 829 g/mol. The SMILES string of the molecule is c1ccc(-c2ccc(N(c3ccc(-c4ccccc4)cc3)c3ccc(-c4ccc5c(c4)-c4c(n(-c6ccccc6)c6ccccc46)C5(c4ccccc4)c4ccccc4)cc3)cc2)cc1. The third kappa shape index (κ3) is 6.41. The normalized spacial score (nSPS) is 12.4. The van der Waals surface area contributed by atoms with Crippen LogP contribution in [0.15, 0.2) is 267 Å². The summed E-state index contributed by atoms with van der Waals surface area (Å²) in [4.78, 5) is 2.36. The van der Waals surface area contributed by atoms with Crippen molar-refractivity contribution in [2.75, 3.05) is 4.90 Å². The smallest absolute Gasteiger partial charge is 0.0870 e. The summed E-state index contributed by atoms with van der Waals surface area (Å²) in [5.74, 6) is 0. The van der Waals surface area contributed by atoms with E-state index in [-0.39, 0.29) is 0 Å². The van der Waals surface area contributed by atoms with E-state index in [1.807, 2.05) is 0 Å². The minimum absolute atomic E-state index is 0.572. The molecule has 10 aromatic carbocycles. The summed E-state index contributed by atoms with van der Waals surface area (Å²) in [5, 5.41) is 1.25. The molecule has 11 aromatic rings. The van der Waals surface area contributed by atoms with E-state index in [1.165, 1.54) is 77.8 Å². The maximum absolute atomic E-state index is 2.52. The van der Waals surface area contributed by atoms with Crippen LogP contribution in [0.25, 0.3) is 61.1 Å². The quantitative estimate of drug-likeness (QED) is 0.141. The largest absolute Gasteiger partial charge is 0.311 e. The van der Waals surface area contributed by atoms with Crippen molar-refractivity contribution in [3.63, 3.8) is 0 Å². The molecule has 1 aliphatic rings. The number of hydrogen-bond donors (Lipinski definition) is 0. The molecule has 0 amide bonds. The summed E-state index contributed by atoms with van der Waals surface area (Å²) in [6.45, 7) is 0. The molecular weight excluding hydrogens is 785 g/mol. The number of rotatable bonds is 9. The van der Waals surface area contributed by atoms with Gasteiger partial charge in [-0.1, -0.05) is 206 Å². The van der Waals surface area contributed by atoms with Crippen molar-refractivity contribution in [3.8, 4) is 50.2 Å². The van der Waals surface area contributed by atoms with Crippen molar-refractivity contribution >= 4 is 28.0 Å². The van der Waals surface area contributed by atoms with E-state index in [4.69, 9.17) is 0 Å². The molecule has 1 heterocycles. The second kappa shape index (κ2) is 16.0. The molecule has 12 rings (SSSR count). The lowest BCUT2D eigenvalue weighted by Crippen LogP contribution is -2.31. The standard InChI is InChI=1S/C63H44N2/c1-6-18-45(19-7-1)47-30-37-54(38-31-47)64(55-39-32-48(33-40-55)46-20-8-2-9-21-46)56-41-34-49(35-42-56)50-36-43-59-58(44-50)61-57-28-16-17-29-60(57)65(53-26-14-5-15-27-53)62(61)63(59,51-22-10-3-11-23-51)52-24-12-4-13-25-52/h1-44H. The van der Waals surface area contributed by atoms with Gasteiger partial charge in [0.15, 0.2) is 0 Å². The Bertz CT molecular complexity index is 3290. The van der Waals surface area contributed by atoms with Gasteiger partial charge in [-0.2, -0.15) is 0 Å². The Labute approximate surface area is 380 Å². The zero-order valence-electron chi connectivity index (χ0n) is 35.8. The number of para-hydroxylation sites is 2. The molecule has 0 saturated heterocycles. The van der Waals surface area contributed by atoms with E-state index in [1.54, 1.807) is 0 Å². The second-order valence-electron chi connectivity index (χ2n) is 16.9. The van der Waals surface area contributed by atoms with Crippen LogP contribution in [-0.4, -0.2) is 4.57 Å². The zero-order chi connectivity index (χ0) is 43.2. The fourth-order valence-corrected chi connectivity index (χ4v) is 10.3. The third-order valence-corrected chi connectivity index (χ3v) is 13.3. The van der Waals surface area contributed by atoms with Gasteiger partial charge in [-0.15, -0.1) is 0 Å². The van der Waals surface area contributed by atoms with E-state index in [2.05, 4.69) is 276 Å². The Morgan fingerprint density at radius 1 is 0.323 bits per heavy atom. The summed E-state index contributed by atoms with van der Waals surface area (Å²) in [6.07, 6.45) is 0. The monoisotopic (exact) mass is 828 g/mol. The Kier molecular flexibility index (Phi) is 9.43. The van der Waals surface area contributed by atoms with Crippen LogP contribution in [0.5, 0.6) is 0 Å². The van der Waals surface area contributed by atoms with Gasteiger partial charge in [-0.05, 0) is 116 Å². The highest BCUT2D eigenvalue weighted by molar-refractivity contribution is 6.06. The lowest BCUT2D eigenvalue weighted by molar-refractivity contribution is 0.719. The molecule has 2 nitrogen and oxygen atoms in total. The molecule has 0 radical (unpaired) electrons. The number of hydrogen-bond acceptors (Lipinski definition) is 1. The van der Waals surface area contributed by atoms with Gasteiger partial charge in [0.25, 0.3) is 0 Å². The van der Waals surface area contributed by atoms with Gasteiger partial charge in [0.1, 0.15) is 0 Å². The maximum Gasteiger partial charge on any atom is 0.0870 e. The van der Waals surface area contributed by atoms with Gasteiger partial charge in [-0.3, -0.25) is 0 Å². The molecule has 0 N–H and O–H groups in total. The van der Waals surface area contributed by atoms with Crippen molar-refractivity contribution < 1.29 is 0 Å². The highest BCUT2D eigenvalue weighted by atomic mass is 15.1. The number of fused-ring (bicyclic) bond motifs is 5. The molecule has 0 atom stereocenters. The third-order valence-electron chi connectivity index (χ3n) is 13.3. The van der Waals surface area contributed by atoms with Crippen LogP contribution in [0.4, 0.5) is 17.1 Å². The highest BCUT2D eigenvalue weighted by Gasteiger charge is 2.50. The summed E-state index contributed by atoms with van der Waals surface area (Å²) >= 11 is 0. The van der Waals surface area contributed by atoms with Crippen LogP contribution in [0.3, 0.4) is 0 Å². The fraction of sp³-hybridized carbons (Fsp3) is 0.0159. The minimum atomic E-state index is -0.572. The predicted molar refractivity (Wildman–Crippen MR) is 272 cm³/mol. The van der Waals surface area contributed by atoms with Gasteiger partial charge in [-0.25, -0.2) is 0 Å². The molecule has 0 aliphatic heterocycles. The van der Waals surface area contributed by atoms with Gasteiger partial charge in [0.05, 0.1) is 16.6 Å². The van der Waals surface area contributed by atoms with Crippen molar-refractivity contribution in [1.82, 2.24) is 4.57 Å². The molecule has 1 aliphatic carbocycles. The minimum Gasteiger partial charge on any atom is -0.311 e. The molecular formula is C63H44N2.